The monoisotopic (exact) mass is 465 g/mol. The van der Waals surface area contributed by atoms with Crippen molar-refractivity contribution in [2.45, 2.75) is 35.1 Å². The van der Waals surface area contributed by atoms with Gasteiger partial charge in [0.25, 0.3) is 0 Å². The maximum absolute atomic E-state index is 2.12. The number of hydrogen-bond acceptors (Lipinski definition) is 1. The van der Waals surface area contributed by atoms with Crippen molar-refractivity contribution in [2.75, 3.05) is 0 Å². The fourth-order valence-corrected chi connectivity index (χ4v) is 0. The fraction of sp³-hybridized carbons (Fsp3) is 1.00. The van der Waals surface area contributed by atoms with Crippen LogP contribution in [0.5, 0.6) is 0 Å². The van der Waals surface area contributed by atoms with Gasteiger partial charge in [0.1, 0.15) is 0 Å². The van der Waals surface area contributed by atoms with E-state index >= 15 is 0 Å². The molecule has 4 radical (unpaired) electrons. The van der Waals surface area contributed by atoms with Crippen molar-refractivity contribution in [3.8, 4) is 0 Å². The Bertz CT molecular complexity index is 13.6. The van der Waals surface area contributed by atoms with Gasteiger partial charge in [-0.05, 0) is 0 Å². The second-order valence-corrected chi connectivity index (χ2v) is 0.707. The maximum Gasteiger partial charge on any atom is 0 e. The van der Waals surface area contributed by atoms with Gasteiger partial charge in [-0.2, -0.15) is 0 Å². The van der Waals surface area contributed by atoms with Crippen LogP contribution in [0.25, 0.3) is 0 Å². The summed E-state index contributed by atoms with van der Waals surface area (Å²) >= 11 is 0. The molecule has 0 atom stereocenters. The molecule has 10 heavy (non-hydrogen) atoms. The molecule has 64 valence electrons. The van der Waals surface area contributed by atoms with E-state index in [2.05, 4.69) is 13.8 Å². The third kappa shape index (κ3) is 126. The summed E-state index contributed by atoms with van der Waals surface area (Å²) in [5.41, 5.74) is 0. The van der Waals surface area contributed by atoms with Gasteiger partial charge >= 0.3 is 0 Å². The molecule has 0 saturated carbocycles. The zero-order valence-corrected chi connectivity index (χ0v) is 14.0. The van der Waals surface area contributed by atoms with Crippen molar-refractivity contribution in [2.24, 2.45) is 0 Å². The van der Waals surface area contributed by atoms with Crippen LogP contribution in [0.15, 0.2) is 0 Å². The van der Waals surface area contributed by atoms with Gasteiger partial charge in [-0.3, -0.25) is 0 Å². The molecule has 0 spiro atoms. The van der Waals surface area contributed by atoms with Crippen LogP contribution in [0, 0.1) is 0 Å². The Labute approximate surface area is 129 Å². The summed E-state index contributed by atoms with van der Waals surface area (Å²) in [6, 6.07) is 0. The van der Waals surface area contributed by atoms with E-state index in [0.29, 0.717) is 0 Å². The van der Waals surface area contributed by atoms with Gasteiger partial charge in [0.15, 0.2) is 0 Å². The van der Waals surface area contributed by atoms with Gasteiger partial charge in [0.05, 0.1) is 0 Å². The van der Waals surface area contributed by atoms with Crippen molar-refractivity contribution in [1.29, 1.82) is 0 Å². The summed E-state index contributed by atoms with van der Waals surface area (Å²) in [6.45, 7) is 4.25. The maximum atomic E-state index is 2.12. The largest absolute Gasteiger partial charge is 0.344 e. The first-order valence-corrected chi connectivity index (χ1v) is 1.41. The molecule has 0 aliphatic heterocycles. The Kier molecular flexibility index (Phi) is 701. The van der Waals surface area contributed by atoms with Gasteiger partial charge < -0.3 is 6.15 Å². The van der Waals surface area contributed by atoms with E-state index in [1.54, 1.807) is 0 Å². The first kappa shape index (κ1) is 75.8. The zero-order valence-electron chi connectivity index (χ0n) is 5.20. The predicted molar refractivity (Wildman–Crippen MR) is 34.4 cm³/mol. The molecule has 0 unspecified atom stereocenters. The minimum atomic E-state index is 0. The van der Waals surface area contributed by atoms with Crippen molar-refractivity contribution in [3.05, 3.63) is 0 Å². The molecule has 5 heteroatoms. The Morgan fingerprint density at radius 3 is 0.700 bits per heavy atom. The van der Waals surface area contributed by atoms with Crippen LogP contribution in [0.3, 0.4) is 0 Å². The minimum absolute atomic E-state index is 0. The second kappa shape index (κ2) is 92.5. The fourth-order valence-electron chi connectivity index (χ4n) is 0. The van der Waals surface area contributed by atoms with Crippen LogP contribution in [0.4, 0.5) is 0 Å². The molecule has 0 aromatic rings. The van der Waals surface area contributed by atoms with Gasteiger partial charge in [-0.1, -0.05) is 35.1 Å². The van der Waals surface area contributed by atoms with E-state index < -0.39 is 0 Å². The molecular formula is C5H19NNb4. The van der Waals surface area contributed by atoms with Crippen LogP contribution in [0.2, 0.25) is 0 Å². The molecule has 0 heterocycles. The Balaban J connectivity index is -0.000000000952. The molecule has 0 amide bonds. The Morgan fingerprint density at radius 2 is 0.700 bits per heavy atom. The molecular weight excluding hydrogens is 446 g/mol. The molecule has 0 fully saturated rings. The molecule has 3 N–H and O–H groups in total. The SMILES string of the molecule is C.C.CCC.N.[Nb].[Nb].[Nb].[Nb]. The van der Waals surface area contributed by atoms with Gasteiger partial charge in [0.2, 0.25) is 0 Å². The molecule has 0 bridgehead atoms. The average molecular weight is 465 g/mol. The molecule has 0 aromatic heterocycles. The van der Waals surface area contributed by atoms with Crippen LogP contribution in [0.1, 0.15) is 35.1 Å². The van der Waals surface area contributed by atoms with Crippen molar-refractivity contribution in [1.82, 2.24) is 6.15 Å². The van der Waals surface area contributed by atoms with Crippen LogP contribution in [-0.2, 0) is 89.5 Å². The molecule has 0 rings (SSSR count). The van der Waals surface area contributed by atoms with Crippen LogP contribution < -0.4 is 6.15 Å². The molecule has 0 aromatic carbocycles. The zero-order chi connectivity index (χ0) is 2.71. The number of rotatable bonds is 0. The summed E-state index contributed by atoms with van der Waals surface area (Å²) in [5, 5.41) is 0. The second-order valence-electron chi connectivity index (χ2n) is 0.707. The van der Waals surface area contributed by atoms with E-state index in [-0.39, 0.29) is 111 Å². The van der Waals surface area contributed by atoms with Crippen molar-refractivity contribution >= 4 is 0 Å². The van der Waals surface area contributed by atoms with Crippen molar-refractivity contribution in [3.63, 3.8) is 0 Å². The molecule has 0 saturated heterocycles. The first-order chi connectivity index (χ1) is 1.41. The average Bonchev–Trinajstić information content (AvgIpc) is 0.918. The van der Waals surface area contributed by atoms with E-state index in [1.165, 1.54) is 6.42 Å². The quantitative estimate of drug-likeness (QED) is 0.550. The topological polar surface area (TPSA) is 35.0 Å². The van der Waals surface area contributed by atoms with Crippen LogP contribution in [-0.4, -0.2) is 0 Å². The molecule has 0 aliphatic rings. The van der Waals surface area contributed by atoms with Gasteiger partial charge in [0, 0.05) is 89.5 Å². The summed E-state index contributed by atoms with van der Waals surface area (Å²) in [4.78, 5) is 0. The standard InChI is InChI=1S/C3H8.2CH4.H3N.4Nb/c1-3-2;;;;;;;/h3H2,1-2H3;2*1H4;1H3;;;;. The Morgan fingerprint density at radius 1 is 0.700 bits per heavy atom. The van der Waals surface area contributed by atoms with E-state index in [1.807, 2.05) is 0 Å². The van der Waals surface area contributed by atoms with E-state index in [0.717, 1.165) is 0 Å². The molecule has 1 nitrogen and oxygen atoms in total. The summed E-state index contributed by atoms with van der Waals surface area (Å²) in [7, 11) is 0. The third-order valence-corrected chi connectivity index (χ3v) is 0. The van der Waals surface area contributed by atoms with E-state index in [9.17, 15) is 0 Å². The van der Waals surface area contributed by atoms with Gasteiger partial charge in [-0.15, -0.1) is 0 Å². The van der Waals surface area contributed by atoms with Crippen molar-refractivity contribution < 1.29 is 89.5 Å². The Hall–Kier alpha value is 2.92. The predicted octanol–water partition coefficient (Wildman–Crippen LogP) is 2.84. The molecule has 0 aliphatic carbocycles. The minimum Gasteiger partial charge on any atom is -0.344 e. The summed E-state index contributed by atoms with van der Waals surface area (Å²) in [5.74, 6) is 0. The third-order valence-electron chi connectivity index (χ3n) is 0. The van der Waals surface area contributed by atoms with E-state index in [4.69, 9.17) is 0 Å². The summed E-state index contributed by atoms with van der Waals surface area (Å²) in [6.07, 6.45) is 1.25. The number of hydrogen-bond donors (Lipinski definition) is 1. The first-order valence-electron chi connectivity index (χ1n) is 1.41. The smallest absolute Gasteiger partial charge is 0 e. The van der Waals surface area contributed by atoms with Crippen LogP contribution >= 0.6 is 0 Å². The van der Waals surface area contributed by atoms with Gasteiger partial charge in [-0.25, -0.2) is 0 Å². The summed E-state index contributed by atoms with van der Waals surface area (Å²) < 4.78 is 0. The normalized spacial score (nSPS) is 1.80.